The average molecular weight is 401 g/mol. The number of nitrogens with zero attached hydrogens (tertiary/aromatic N) is 2. The zero-order chi connectivity index (χ0) is 20.9. The van der Waals surface area contributed by atoms with Crippen molar-refractivity contribution in [3.05, 3.63) is 101 Å². The maximum atomic E-state index is 13.4. The first-order valence-corrected chi connectivity index (χ1v) is 9.48. The molecule has 0 bridgehead atoms. The smallest absolute Gasteiger partial charge is 0.280 e. The van der Waals surface area contributed by atoms with Crippen LogP contribution in [0.1, 0.15) is 5.56 Å². The van der Waals surface area contributed by atoms with E-state index in [1.165, 1.54) is 16.8 Å². The highest BCUT2D eigenvalue weighted by Gasteiger charge is 2.12. The highest BCUT2D eigenvalue weighted by Crippen LogP contribution is 2.20. The van der Waals surface area contributed by atoms with Gasteiger partial charge in [0.2, 0.25) is 0 Å². The second-order valence-corrected chi connectivity index (χ2v) is 6.61. The molecule has 0 fully saturated rings. The number of para-hydroxylation sites is 2. The Hall–Kier alpha value is -3.93. The van der Waals surface area contributed by atoms with Crippen molar-refractivity contribution in [2.24, 2.45) is 0 Å². The third-order valence-electron chi connectivity index (χ3n) is 4.68. The van der Waals surface area contributed by atoms with Gasteiger partial charge in [0.05, 0.1) is 18.0 Å². The number of nitrogens with one attached hydrogen (secondary N) is 1. The molecule has 0 aliphatic rings. The minimum Gasteiger partial charge on any atom is -0.496 e. The van der Waals surface area contributed by atoms with Gasteiger partial charge in [0.1, 0.15) is 11.6 Å². The summed E-state index contributed by atoms with van der Waals surface area (Å²) < 4.78 is 20.1. The Kier molecular flexibility index (Phi) is 5.57. The highest BCUT2D eigenvalue weighted by atomic mass is 19.1. The van der Waals surface area contributed by atoms with Crippen LogP contribution in [-0.4, -0.2) is 23.3 Å². The molecule has 0 aliphatic carbocycles. The molecule has 1 aromatic heterocycles. The largest absolute Gasteiger partial charge is 0.496 e. The van der Waals surface area contributed by atoms with E-state index < -0.39 is 0 Å². The van der Waals surface area contributed by atoms with Gasteiger partial charge in [-0.1, -0.05) is 42.5 Å². The van der Waals surface area contributed by atoms with E-state index in [1.54, 1.807) is 37.4 Å². The molecule has 5 nitrogen and oxygen atoms in total. The van der Waals surface area contributed by atoms with Gasteiger partial charge in [-0.15, -0.1) is 0 Å². The van der Waals surface area contributed by atoms with Gasteiger partial charge in [-0.3, -0.25) is 4.79 Å². The molecule has 0 atom stereocenters. The van der Waals surface area contributed by atoms with Crippen LogP contribution in [-0.2, 0) is 0 Å². The lowest BCUT2D eigenvalue weighted by molar-refractivity contribution is 0.414. The molecular formula is C24H20FN3O2. The fraction of sp³-hybridized carbons (Fsp3) is 0.0833. The molecule has 0 saturated heterocycles. The van der Waals surface area contributed by atoms with Crippen molar-refractivity contribution in [1.29, 1.82) is 0 Å². The first-order chi connectivity index (χ1) is 14.7. The van der Waals surface area contributed by atoms with E-state index >= 15 is 0 Å². The number of halogens is 1. The molecule has 1 heterocycles. The average Bonchev–Trinajstić information content (AvgIpc) is 2.78. The lowest BCUT2D eigenvalue weighted by atomic mass is 10.2. The summed E-state index contributed by atoms with van der Waals surface area (Å²) in [6.45, 7) is 0.381. The molecule has 30 heavy (non-hydrogen) atoms. The highest BCUT2D eigenvalue weighted by molar-refractivity contribution is 5.79. The van der Waals surface area contributed by atoms with Crippen LogP contribution in [0.15, 0.2) is 83.7 Å². The van der Waals surface area contributed by atoms with E-state index in [2.05, 4.69) is 10.4 Å². The first kappa shape index (κ1) is 19.4. The second kappa shape index (κ2) is 8.61. The van der Waals surface area contributed by atoms with Crippen molar-refractivity contribution in [3.63, 3.8) is 0 Å². The van der Waals surface area contributed by atoms with E-state index in [4.69, 9.17) is 4.74 Å². The van der Waals surface area contributed by atoms with E-state index in [1.807, 2.05) is 42.5 Å². The van der Waals surface area contributed by atoms with Gasteiger partial charge in [0.15, 0.2) is 5.82 Å². The predicted octanol–water partition coefficient (Wildman–Crippen LogP) is 4.47. The molecule has 4 rings (SSSR count). The Labute approximate surface area is 173 Å². The minimum atomic E-state index is -0.346. The Balaban J connectivity index is 1.69. The van der Waals surface area contributed by atoms with Crippen molar-refractivity contribution in [1.82, 2.24) is 9.66 Å². The number of aromatic nitrogens is 2. The van der Waals surface area contributed by atoms with Crippen molar-refractivity contribution < 1.29 is 9.13 Å². The van der Waals surface area contributed by atoms with Crippen LogP contribution in [0.5, 0.6) is 5.75 Å². The van der Waals surface area contributed by atoms with Gasteiger partial charge in [0, 0.05) is 17.7 Å². The SMILES string of the molecule is COc1ccccc1C=CCNn1c(-c2ccc(F)cc2)nc2ccccc2c1=O. The molecular weight excluding hydrogens is 381 g/mol. The number of methoxy groups -OCH3 is 1. The summed E-state index contributed by atoms with van der Waals surface area (Å²) >= 11 is 0. The summed E-state index contributed by atoms with van der Waals surface area (Å²) in [5.74, 6) is 0.843. The fourth-order valence-electron chi connectivity index (χ4n) is 3.21. The maximum Gasteiger partial charge on any atom is 0.280 e. The third kappa shape index (κ3) is 3.93. The van der Waals surface area contributed by atoms with E-state index in [9.17, 15) is 9.18 Å². The first-order valence-electron chi connectivity index (χ1n) is 9.48. The zero-order valence-corrected chi connectivity index (χ0v) is 16.4. The van der Waals surface area contributed by atoms with Gasteiger partial charge in [0.25, 0.3) is 5.56 Å². The van der Waals surface area contributed by atoms with Crippen molar-refractivity contribution in [2.45, 2.75) is 0 Å². The molecule has 6 heteroatoms. The molecule has 3 aromatic carbocycles. The molecule has 0 unspecified atom stereocenters. The quantitative estimate of drug-likeness (QED) is 0.518. The third-order valence-corrected chi connectivity index (χ3v) is 4.68. The van der Waals surface area contributed by atoms with Crippen molar-refractivity contribution >= 4 is 17.0 Å². The van der Waals surface area contributed by atoms with Crippen LogP contribution in [0.4, 0.5) is 4.39 Å². The number of rotatable bonds is 6. The van der Waals surface area contributed by atoms with Crippen LogP contribution < -0.4 is 15.7 Å². The molecule has 0 aliphatic heterocycles. The van der Waals surface area contributed by atoms with Crippen LogP contribution in [0.25, 0.3) is 28.4 Å². The molecule has 4 aromatic rings. The van der Waals surface area contributed by atoms with Crippen molar-refractivity contribution in [3.8, 4) is 17.1 Å². The van der Waals surface area contributed by atoms with Gasteiger partial charge < -0.3 is 10.2 Å². The predicted molar refractivity (Wildman–Crippen MR) is 118 cm³/mol. The maximum absolute atomic E-state index is 13.4. The molecule has 0 amide bonds. The number of ether oxygens (including phenoxy) is 1. The summed E-state index contributed by atoms with van der Waals surface area (Å²) in [6, 6.07) is 20.7. The lowest BCUT2D eigenvalue weighted by Gasteiger charge is -2.14. The molecule has 0 radical (unpaired) electrons. The lowest BCUT2D eigenvalue weighted by Crippen LogP contribution is -2.31. The Morgan fingerprint density at radius 2 is 1.77 bits per heavy atom. The topological polar surface area (TPSA) is 56.1 Å². The summed E-state index contributed by atoms with van der Waals surface area (Å²) in [4.78, 5) is 17.7. The number of benzene rings is 3. The molecule has 0 spiro atoms. The minimum absolute atomic E-state index is 0.217. The Morgan fingerprint density at radius 1 is 1.03 bits per heavy atom. The van der Waals surface area contributed by atoms with Gasteiger partial charge in [-0.25, -0.2) is 14.1 Å². The monoisotopic (exact) mass is 401 g/mol. The molecule has 0 saturated carbocycles. The summed E-state index contributed by atoms with van der Waals surface area (Å²) in [5, 5.41) is 0.504. The summed E-state index contributed by atoms with van der Waals surface area (Å²) in [6.07, 6.45) is 3.82. The van der Waals surface area contributed by atoms with Crippen molar-refractivity contribution in [2.75, 3.05) is 19.1 Å². The molecule has 150 valence electrons. The molecule has 1 N–H and O–H groups in total. The normalized spacial score (nSPS) is 11.1. The standard InChI is InChI=1S/C24H20FN3O2/c1-30-22-11-5-2-7-17(22)8-6-16-26-28-23(18-12-14-19(25)15-13-18)27-21-10-4-3-9-20(21)24(28)29/h2-15,26H,16H2,1H3. The summed E-state index contributed by atoms with van der Waals surface area (Å²) in [7, 11) is 1.63. The van der Waals surface area contributed by atoms with E-state index in [0.717, 1.165) is 11.3 Å². The van der Waals surface area contributed by atoms with Crippen LogP contribution in [0, 0.1) is 5.82 Å². The zero-order valence-electron chi connectivity index (χ0n) is 16.4. The Morgan fingerprint density at radius 3 is 2.57 bits per heavy atom. The van der Waals surface area contributed by atoms with Crippen LogP contribution >= 0.6 is 0 Å². The summed E-state index contributed by atoms with van der Waals surface area (Å²) in [5.41, 5.74) is 5.06. The van der Waals surface area contributed by atoms with Gasteiger partial charge >= 0.3 is 0 Å². The van der Waals surface area contributed by atoms with Crippen LogP contribution in [0.2, 0.25) is 0 Å². The van der Waals surface area contributed by atoms with E-state index in [-0.39, 0.29) is 11.4 Å². The van der Waals surface area contributed by atoms with E-state index in [0.29, 0.717) is 28.8 Å². The number of hydrogen-bond acceptors (Lipinski definition) is 4. The fourth-order valence-corrected chi connectivity index (χ4v) is 3.21. The van der Waals surface area contributed by atoms with Crippen LogP contribution in [0.3, 0.4) is 0 Å². The van der Waals surface area contributed by atoms with Gasteiger partial charge in [-0.2, -0.15) is 0 Å². The van der Waals surface area contributed by atoms with Gasteiger partial charge in [-0.05, 0) is 42.5 Å². The Bertz CT molecular complexity index is 1260. The second-order valence-electron chi connectivity index (χ2n) is 6.61. The number of hydrogen-bond donors (Lipinski definition) is 1. The number of fused-ring (bicyclic) bond motifs is 1.